The predicted octanol–water partition coefficient (Wildman–Crippen LogP) is 0.0382. The molecule has 0 spiro atoms. The topological polar surface area (TPSA) is 104 Å². The first-order valence-corrected chi connectivity index (χ1v) is 5.93. The number of aliphatic hydroxyl groups excluding tert-OH is 1. The van der Waals surface area contributed by atoms with Gasteiger partial charge < -0.3 is 21.4 Å². The standard InChI is InChI=1S/C12H18N4O2/c13-11(16-18)10-5-9(1-4-15-10)6-14-7-12(8-17)2-3-12/h1,4-5,14,17-18H,2-3,6-8H2,(H2,13,16). The molecule has 0 aromatic carbocycles. The summed E-state index contributed by atoms with van der Waals surface area (Å²) in [4.78, 5) is 4.01. The van der Waals surface area contributed by atoms with E-state index >= 15 is 0 Å². The highest BCUT2D eigenvalue weighted by molar-refractivity contribution is 5.95. The summed E-state index contributed by atoms with van der Waals surface area (Å²) in [5.74, 6) is 0.00544. The number of aliphatic hydroxyl groups is 1. The SMILES string of the molecule is N/C(=N/O)c1cc(CNCC2(CO)CC2)ccn1. The Balaban J connectivity index is 1.89. The maximum absolute atomic E-state index is 9.19. The molecule has 1 fully saturated rings. The second-order valence-corrected chi connectivity index (χ2v) is 4.80. The van der Waals surface area contributed by atoms with E-state index in [1.54, 1.807) is 12.3 Å². The van der Waals surface area contributed by atoms with Crippen LogP contribution in [0.1, 0.15) is 24.1 Å². The summed E-state index contributed by atoms with van der Waals surface area (Å²) in [6.45, 7) is 1.73. The number of hydrogen-bond acceptors (Lipinski definition) is 5. The minimum Gasteiger partial charge on any atom is -0.409 e. The zero-order chi connectivity index (χ0) is 13.0. The molecule has 0 amide bonds. The average molecular weight is 250 g/mol. The zero-order valence-electron chi connectivity index (χ0n) is 10.1. The average Bonchev–Trinajstić information content (AvgIpc) is 3.19. The minimum atomic E-state index is 0.00544. The van der Waals surface area contributed by atoms with Gasteiger partial charge in [0.15, 0.2) is 5.84 Å². The van der Waals surface area contributed by atoms with Crippen LogP contribution in [0.4, 0.5) is 0 Å². The van der Waals surface area contributed by atoms with Gasteiger partial charge in [0.05, 0.1) is 0 Å². The molecule has 1 aliphatic rings. The molecule has 0 radical (unpaired) electrons. The zero-order valence-corrected chi connectivity index (χ0v) is 10.1. The van der Waals surface area contributed by atoms with Gasteiger partial charge in [0.2, 0.25) is 0 Å². The van der Waals surface area contributed by atoms with Crippen molar-refractivity contribution in [3.05, 3.63) is 29.6 Å². The second kappa shape index (κ2) is 5.32. The van der Waals surface area contributed by atoms with E-state index in [1.165, 1.54) is 0 Å². The van der Waals surface area contributed by atoms with E-state index < -0.39 is 0 Å². The number of aromatic nitrogens is 1. The summed E-state index contributed by atoms with van der Waals surface area (Å²) in [6, 6.07) is 3.65. The number of nitrogens with two attached hydrogens (primary N) is 1. The summed E-state index contributed by atoms with van der Waals surface area (Å²) >= 11 is 0. The van der Waals surface area contributed by atoms with Crippen molar-refractivity contribution in [3.8, 4) is 0 Å². The molecule has 1 aromatic rings. The first-order chi connectivity index (χ1) is 8.69. The molecule has 18 heavy (non-hydrogen) atoms. The molecular formula is C12H18N4O2. The van der Waals surface area contributed by atoms with Gasteiger partial charge in [-0.15, -0.1) is 0 Å². The van der Waals surface area contributed by atoms with Crippen LogP contribution in [0, 0.1) is 5.41 Å². The van der Waals surface area contributed by atoms with E-state index in [-0.39, 0.29) is 17.9 Å². The first kappa shape index (κ1) is 12.8. The smallest absolute Gasteiger partial charge is 0.188 e. The summed E-state index contributed by atoms with van der Waals surface area (Å²) in [5.41, 5.74) is 7.05. The van der Waals surface area contributed by atoms with Gasteiger partial charge in [-0.2, -0.15) is 0 Å². The Labute approximate surface area is 106 Å². The number of pyridine rings is 1. The molecule has 1 heterocycles. The number of rotatable bonds is 6. The van der Waals surface area contributed by atoms with Gasteiger partial charge in [0.1, 0.15) is 5.69 Å². The fourth-order valence-electron chi connectivity index (χ4n) is 1.82. The Morgan fingerprint density at radius 1 is 1.56 bits per heavy atom. The van der Waals surface area contributed by atoms with Crippen LogP contribution in [0.5, 0.6) is 0 Å². The van der Waals surface area contributed by atoms with Crippen molar-refractivity contribution >= 4 is 5.84 Å². The fourth-order valence-corrected chi connectivity index (χ4v) is 1.82. The third kappa shape index (κ3) is 2.96. The predicted molar refractivity (Wildman–Crippen MR) is 67.2 cm³/mol. The molecule has 1 aromatic heterocycles. The molecule has 6 heteroatoms. The number of oxime groups is 1. The Morgan fingerprint density at radius 3 is 2.94 bits per heavy atom. The third-order valence-corrected chi connectivity index (χ3v) is 3.32. The van der Waals surface area contributed by atoms with E-state index in [0.717, 1.165) is 24.9 Å². The normalized spacial score (nSPS) is 17.7. The molecule has 0 saturated heterocycles. The molecule has 5 N–H and O–H groups in total. The first-order valence-electron chi connectivity index (χ1n) is 5.93. The Kier molecular flexibility index (Phi) is 3.78. The maximum Gasteiger partial charge on any atom is 0.188 e. The van der Waals surface area contributed by atoms with Crippen LogP contribution in [0.2, 0.25) is 0 Å². The van der Waals surface area contributed by atoms with Crippen LogP contribution < -0.4 is 11.1 Å². The lowest BCUT2D eigenvalue weighted by Gasteiger charge is -2.12. The van der Waals surface area contributed by atoms with Crippen molar-refractivity contribution in [1.82, 2.24) is 10.3 Å². The van der Waals surface area contributed by atoms with E-state index in [9.17, 15) is 5.11 Å². The summed E-state index contributed by atoms with van der Waals surface area (Å²) in [5, 5.41) is 24.0. The van der Waals surface area contributed by atoms with Gasteiger partial charge in [-0.1, -0.05) is 5.16 Å². The molecule has 1 aliphatic carbocycles. The van der Waals surface area contributed by atoms with E-state index in [2.05, 4.69) is 15.5 Å². The quantitative estimate of drug-likeness (QED) is 0.247. The second-order valence-electron chi connectivity index (χ2n) is 4.80. The van der Waals surface area contributed by atoms with Crippen molar-refractivity contribution in [1.29, 1.82) is 0 Å². The summed E-state index contributed by atoms with van der Waals surface area (Å²) < 4.78 is 0. The highest BCUT2D eigenvalue weighted by Crippen LogP contribution is 2.44. The minimum absolute atomic E-state index is 0.00544. The monoisotopic (exact) mass is 250 g/mol. The molecule has 1 saturated carbocycles. The van der Waals surface area contributed by atoms with Crippen LogP contribution in [-0.4, -0.2) is 34.3 Å². The molecule has 98 valence electrons. The summed E-state index contributed by atoms with van der Waals surface area (Å²) in [6.07, 6.45) is 3.80. The van der Waals surface area contributed by atoms with Gasteiger partial charge in [-0.3, -0.25) is 4.98 Å². The van der Waals surface area contributed by atoms with Gasteiger partial charge in [0, 0.05) is 31.3 Å². The van der Waals surface area contributed by atoms with Crippen molar-refractivity contribution in [2.45, 2.75) is 19.4 Å². The van der Waals surface area contributed by atoms with Gasteiger partial charge in [-0.25, -0.2) is 0 Å². The van der Waals surface area contributed by atoms with Crippen molar-refractivity contribution in [2.24, 2.45) is 16.3 Å². The van der Waals surface area contributed by atoms with Gasteiger partial charge in [0.25, 0.3) is 0 Å². The van der Waals surface area contributed by atoms with Gasteiger partial charge in [-0.05, 0) is 30.5 Å². The Hall–Kier alpha value is -1.66. The molecule has 0 atom stereocenters. The van der Waals surface area contributed by atoms with E-state index in [1.807, 2.05) is 6.07 Å². The third-order valence-electron chi connectivity index (χ3n) is 3.32. The molecule has 0 bridgehead atoms. The Bertz CT molecular complexity index is 443. The Morgan fingerprint density at radius 2 is 2.33 bits per heavy atom. The number of amidine groups is 1. The molecular weight excluding hydrogens is 232 g/mol. The number of hydrogen-bond donors (Lipinski definition) is 4. The van der Waals surface area contributed by atoms with Crippen molar-refractivity contribution in [3.63, 3.8) is 0 Å². The molecule has 2 rings (SSSR count). The van der Waals surface area contributed by atoms with Crippen LogP contribution in [0.15, 0.2) is 23.5 Å². The van der Waals surface area contributed by atoms with E-state index in [4.69, 9.17) is 10.9 Å². The molecule has 6 nitrogen and oxygen atoms in total. The van der Waals surface area contributed by atoms with Crippen LogP contribution in [-0.2, 0) is 6.54 Å². The van der Waals surface area contributed by atoms with E-state index in [0.29, 0.717) is 12.2 Å². The lowest BCUT2D eigenvalue weighted by molar-refractivity contribution is 0.207. The van der Waals surface area contributed by atoms with Gasteiger partial charge >= 0.3 is 0 Å². The highest BCUT2D eigenvalue weighted by Gasteiger charge is 2.41. The molecule has 0 aliphatic heterocycles. The van der Waals surface area contributed by atoms with Crippen molar-refractivity contribution in [2.75, 3.05) is 13.2 Å². The van der Waals surface area contributed by atoms with Crippen molar-refractivity contribution < 1.29 is 10.3 Å². The fraction of sp³-hybridized carbons (Fsp3) is 0.500. The number of nitrogens with one attached hydrogen (secondary N) is 1. The highest BCUT2D eigenvalue weighted by atomic mass is 16.4. The lowest BCUT2D eigenvalue weighted by Crippen LogP contribution is -2.26. The lowest BCUT2D eigenvalue weighted by atomic mass is 10.1. The number of nitrogens with zero attached hydrogens (tertiary/aromatic N) is 2. The largest absolute Gasteiger partial charge is 0.409 e. The molecule has 0 unspecified atom stereocenters. The van der Waals surface area contributed by atoms with Crippen LogP contribution in [0.25, 0.3) is 0 Å². The summed E-state index contributed by atoms with van der Waals surface area (Å²) in [7, 11) is 0. The van der Waals surface area contributed by atoms with Crippen LogP contribution in [0.3, 0.4) is 0 Å². The maximum atomic E-state index is 9.19. The van der Waals surface area contributed by atoms with Crippen LogP contribution >= 0.6 is 0 Å².